The molecule has 1 fully saturated rings. The van der Waals surface area contributed by atoms with Crippen LogP contribution < -0.4 is 10.6 Å². The fourth-order valence-electron chi connectivity index (χ4n) is 1.95. The number of hydrogen-bond donors (Lipinski definition) is 2. The first-order chi connectivity index (χ1) is 9.22. The summed E-state index contributed by atoms with van der Waals surface area (Å²) in [4.78, 5) is 4.60. The van der Waals surface area contributed by atoms with Gasteiger partial charge in [0.1, 0.15) is 0 Å². The van der Waals surface area contributed by atoms with Crippen LogP contribution in [0.3, 0.4) is 0 Å². The Balaban J connectivity index is 0.00000200. The summed E-state index contributed by atoms with van der Waals surface area (Å²) in [6.07, 6.45) is 0. The predicted molar refractivity (Wildman–Crippen MR) is 93.6 cm³/mol. The van der Waals surface area contributed by atoms with E-state index < -0.39 is 0 Å². The molecule has 0 spiro atoms. The minimum Gasteiger partial charge on any atom is -0.380 e. The quantitative estimate of drug-likeness (QED) is 0.462. The van der Waals surface area contributed by atoms with Crippen molar-refractivity contribution < 1.29 is 4.74 Å². The molecule has 0 saturated carbocycles. The van der Waals surface area contributed by atoms with E-state index in [9.17, 15) is 0 Å². The van der Waals surface area contributed by atoms with E-state index in [1.165, 1.54) is 5.56 Å². The third kappa shape index (κ3) is 5.28. The van der Waals surface area contributed by atoms with Crippen LogP contribution >= 0.6 is 24.0 Å². The van der Waals surface area contributed by atoms with Gasteiger partial charge in [0.25, 0.3) is 0 Å². The monoisotopic (exact) mass is 389 g/mol. The lowest BCUT2D eigenvalue weighted by molar-refractivity contribution is -0.0971. The van der Waals surface area contributed by atoms with Crippen LogP contribution in [0.4, 0.5) is 0 Å². The molecular weight excluding hydrogens is 365 g/mol. The molecule has 1 aromatic rings. The van der Waals surface area contributed by atoms with Gasteiger partial charge in [-0.1, -0.05) is 37.3 Å². The van der Waals surface area contributed by atoms with Crippen LogP contribution in [0.5, 0.6) is 0 Å². The number of rotatable bonds is 5. The lowest BCUT2D eigenvalue weighted by atomic mass is 9.89. The van der Waals surface area contributed by atoms with E-state index in [1.807, 2.05) is 18.2 Å². The molecule has 1 heterocycles. The number of nitrogens with zero attached hydrogens (tertiary/aromatic N) is 1. The molecule has 5 heteroatoms. The normalized spacial score (nSPS) is 16.8. The Labute approximate surface area is 138 Å². The largest absolute Gasteiger partial charge is 0.380 e. The molecule has 112 valence electrons. The number of guanidine groups is 1. The standard InChI is InChI=1S/C15H23N3O.HI/c1-3-16-14(18-10-15(2)11-19-12-15)17-9-13-7-5-4-6-8-13;/h4-8H,3,9-12H2,1-2H3,(H2,16,17,18);1H. The smallest absolute Gasteiger partial charge is 0.191 e. The molecule has 0 radical (unpaired) electrons. The second-order valence-electron chi connectivity index (χ2n) is 5.34. The van der Waals surface area contributed by atoms with Crippen molar-refractivity contribution >= 4 is 29.9 Å². The molecule has 0 bridgehead atoms. The molecule has 1 aliphatic rings. The number of hydrogen-bond acceptors (Lipinski definition) is 2. The van der Waals surface area contributed by atoms with Crippen LogP contribution in [0.2, 0.25) is 0 Å². The van der Waals surface area contributed by atoms with E-state index in [2.05, 4.69) is 41.6 Å². The summed E-state index contributed by atoms with van der Waals surface area (Å²) in [7, 11) is 0. The van der Waals surface area contributed by atoms with Gasteiger partial charge in [-0.2, -0.15) is 0 Å². The summed E-state index contributed by atoms with van der Waals surface area (Å²) in [5, 5.41) is 6.66. The minimum absolute atomic E-state index is 0. The van der Waals surface area contributed by atoms with Crippen molar-refractivity contribution in [2.45, 2.75) is 20.4 Å². The highest BCUT2D eigenvalue weighted by molar-refractivity contribution is 14.0. The zero-order valence-corrected chi connectivity index (χ0v) is 14.5. The van der Waals surface area contributed by atoms with Gasteiger partial charge in [-0.3, -0.25) is 0 Å². The van der Waals surface area contributed by atoms with Gasteiger partial charge in [0, 0.05) is 18.5 Å². The Bertz CT molecular complexity index is 418. The number of nitrogens with one attached hydrogen (secondary N) is 2. The zero-order valence-electron chi connectivity index (χ0n) is 12.2. The summed E-state index contributed by atoms with van der Waals surface area (Å²) in [5.74, 6) is 0.875. The van der Waals surface area contributed by atoms with Crippen LogP contribution in [0.15, 0.2) is 35.3 Å². The molecule has 20 heavy (non-hydrogen) atoms. The van der Waals surface area contributed by atoms with Gasteiger partial charge >= 0.3 is 0 Å². The Hall–Kier alpha value is -0.820. The van der Waals surface area contributed by atoms with Crippen LogP contribution in [0.25, 0.3) is 0 Å². The molecule has 4 nitrogen and oxygen atoms in total. The van der Waals surface area contributed by atoms with Gasteiger partial charge in [0.15, 0.2) is 5.96 Å². The highest BCUT2D eigenvalue weighted by Crippen LogP contribution is 2.24. The SMILES string of the molecule is CCNC(=NCc1ccccc1)NCC1(C)COC1.I. The van der Waals surface area contributed by atoms with Crippen LogP contribution in [-0.4, -0.2) is 32.3 Å². The van der Waals surface area contributed by atoms with Crippen molar-refractivity contribution in [3.05, 3.63) is 35.9 Å². The molecule has 0 aromatic heterocycles. The van der Waals surface area contributed by atoms with E-state index in [1.54, 1.807) is 0 Å². The molecule has 2 N–H and O–H groups in total. The van der Waals surface area contributed by atoms with E-state index in [4.69, 9.17) is 4.74 Å². The lowest BCUT2D eigenvalue weighted by Crippen LogP contribution is -2.51. The van der Waals surface area contributed by atoms with E-state index in [0.717, 1.165) is 32.3 Å². The summed E-state index contributed by atoms with van der Waals surface area (Å²) >= 11 is 0. The fraction of sp³-hybridized carbons (Fsp3) is 0.533. The Morgan fingerprint density at radius 1 is 1.25 bits per heavy atom. The molecule has 0 atom stereocenters. The van der Waals surface area contributed by atoms with E-state index in [-0.39, 0.29) is 29.4 Å². The number of aliphatic imine (C=N–C) groups is 1. The molecule has 1 aliphatic heterocycles. The van der Waals surface area contributed by atoms with Crippen molar-refractivity contribution in [3.8, 4) is 0 Å². The van der Waals surface area contributed by atoms with Gasteiger partial charge < -0.3 is 15.4 Å². The molecular formula is C15H24IN3O. The lowest BCUT2D eigenvalue weighted by Gasteiger charge is -2.38. The second kappa shape index (κ2) is 8.46. The molecule has 1 aromatic carbocycles. The van der Waals surface area contributed by atoms with Gasteiger partial charge in [0.05, 0.1) is 19.8 Å². The van der Waals surface area contributed by atoms with Crippen molar-refractivity contribution in [1.29, 1.82) is 0 Å². The maximum absolute atomic E-state index is 5.26. The Morgan fingerprint density at radius 3 is 2.50 bits per heavy atom. The topological polar surface area (TPSA) is 45.7 Å². The van der Waals surface area contributed by atoms with Gasteiger partial charge in [0.2, 0.25) is 0 Å². The van der Waals surface area contributed by atoms with E-state index >= 15 is 0 Å². The van der Waals surface area contributed by atoms with Crippen LogP contribution in [0.1, 0.15) is 19.4 Å². The third-order valence-electron chi connectivity index (χ3n) is 3.19. The Kier molecular flexibility index (Phi) is 7.29. The first-order valence-corrected chi connectivity index (χ1v) is 6.86. The second-order valence-corrected chi connectivity index (χ2v) is 5.34. The first-order valence-electron chi connectivity index (χ1n) is 6.86. The number of benzene rings is 1. The van der Waals surface area contributed by atoms with Gasteiger partial charge in [-0.15, -0.1) is 24.0 Å². The summed E-state index contributed by atoms with van der Waals surface area (Å²) in [5.41, 5.74) is 1.47. The van der Waals surface area contributed by atoms with E-state index in [0.29, 0.717) is 6.54 Å². The summed E-state index contributed by atoms with van der Waals surface area (Å²) in [6, 6.07) is 10.3. The highest BCUT2D eigenvalue weighted by Gasteiger charge is 2.33. The van der Waals surface area contributed by atoms with Crippen molar-refractivity contribution in [2.24, 2.45) is 10.4 Å². The maximum atomic E-state index is 5.26. The molecule has 0 aliphatic carbocycles. The van der Waals surface area contributed by atoms with Crippen molar-refractivity contribution in [3.63, 3.8) is 0 Å². The number of halogens is 1. The predicted octanol–water partition coefficient (Wildman–Crippen LogP) is 2.40. The van der Waals surface area contributed by atoms with Crippen molar-refractivity contribution in [1.82, 2.24) is 10.6 Å². The first kappa shape index (κ1) is 17.2. The average Bonchev–Trinajstić information content (AvgIpc) is 2.41. The molecule has 0 amide bonds. The van der Waals surface area contributed by atoms with Gasteiger partial charge in [-0.05, 0) is 12.5 Å². The third-order valence-corrected chi connectivity index (χ3v) is 3.19. The molecule has 1 saturated heterocycles. The van der Waals surface area contributed by atoms with Crippen molar-refractivity contribution in [2.75, 3.05) is 26.3 Å². The van der Waals surface area contributed by atoms with Crippen LogP contribution in [-0.2, 0) is 11.3 Å². The number of ether oxygens (including phenoxy) is 1. The summed E-state index contributed by atoms with van der Waals surface area (Å²) < 4.78 is 5.26. The summed E-state index contributed by atoms with van der Waals surface area (Å²) in [6.45, 7) is 8.43. The maximum Gasteiger partial charge on any atom is 0.191 e. The molecule has 2 rings (SSSR count). The van der Waals surface area contributed by atoms with Gasteiger partial charge in [-0.25, -0.2) is 4.99 Å². The minimum atomic E-state index is 0. The Morgan fingerprint density at radius 2 is 1.95 bits per heavy atom. The van der Waals surface area contributed by atoms with Crippen LogP contribution in [0, 0.1) is 5.41 Å². The highest BCUT2D eigenvalue weighted by atomic mass is 127. The molecule has 0 unspecified atom stereocenters. The fourth-order valence-corrected chi connectivity index (χ4v) is 1.95. The average molecular weight is 389 g/mol. The zero-order chi connectivity index (χ0) is 13.6.